The lowest BCUT2D eigenvalue weighted by Gasteiger charge is -2.25. The van der Waals surface area contributed by atoms with Crippen LogP contribution in [-0.2, 0) is 0 Å². The van der Waals surface area contributed by atoms with E-state index in [4.69, 9.17) is 0 Å². The summed E-state index contributed by atoms with van der Waals surface area (Å²) in [6.45, 7) is 6.08. The van der Waals surface area contributed by atoms with Crippen LogP contribution in [0.3, 0.4) is 0 Å². The molecule has 3 heteroatoms. The predicted octanol–water partition coefficient (Wildman–Crippen LogP) is 2.37. The minimum atomic E-state index is -0.433. The number of pyridine rings is 1. The molecule has 1 unspecified atom stereocenters. The average molecular weight is 208 g/mol. The molecule has 3 nitrogen and oxygen atoms in total. The van der Waals surface area contributed by atoms with Crippen LogP contribution >= 0.6 is 0 Å². The van der Waals surface area contributed by atoms with Gasteiger partial charge in [-0.15, -0.1) is 0 Å². The van der Waals surface area contributed by atoms with Gasteiger partial charge in [0.25, 0.3) is 0 Å². The van der Waals surface area contributed by atoms with E-state index >= 15 is 0 Å². The van der Waals surface area contributed by atoms with E-state index in [-0.39, 0.29) is 0 Å². The lowest BCUT2D eigenvalue weighted by molar-refractivity contribution is 0.199. The maximum atomic E-state index is 9.48. The molecular formula is C12H20N2O. The molecule has 0 saturated heterocycles. The zero-order valence-electron chi connectivity index (χ0n) is 9.94. The third-order valence-electron chi connectivity index (χ3n) is 2.87. The Balaban J connectivity index is 2.90. The highest BCUT2D eigenvalue weighted by Gasteiger charge is 2.10. The monoisotopic (exact) mass is 208 g/mol. The summed E-state index contributed by atoms with van der Waals surface area (Å²) in [5.41, 5.74) is 0.912. The van der Waals surface area contributed by atoms with E-state index in [9.17, 15) is 5.11 Å². The van der Waals surface area contributed by atoms with Crippen LogP contribution in [0.25, 0.3) is 0 Å². The number of aliphatic hydroxyl groups excluding tert-OH is 1. The summed E-state index contributed by atoms with van der Waals surface area (Å²) in [5, 5.41) is 9.48. The molecule has 1 N–H and O–H groups in total. The second kappa shape index (κ2) is 5.12. The van der Waals surface area contributed by atoms with Gasteiger partial charge in [-0.05, 0) is 38.0 Å². The Morgan fingerprint density at radius 1 is 1.47 bits per heavy atom. The van der Waals surface area contributed by atoms with Gasteiger partial charge in [0.1, 0.15) is 5.82 Å². The lowest BCUT2D eigenvalue weighted by atomic mass is 10.1. The van der Waals surface area contributed by atoms with Gasteiger partial charge in [-0.3, -0.25) is 0 Å². The number of aliphatic hydroxyl groups is 1. The van der Waals surface area contributed by atoms with E-state index in [0.717, 1.165) is 17.8 Å². The van der Waals surface area contributed by atoms with Crippen molar-refractivity contribution in [2.24, 2.45) is 0 Å². The Hall–Kier alpha value is -1.09. The molecule has 0 bridgehead atoms. The summed E-state index contributed by atoms with van der Waals surface area (Å²) in [6, 6.07) is 4.25. The highest BCUT2D eigenvalue weighted by Crippen LogP contribution is 2.19. The Bertz CT molecular complexity index is 312. The third kappa shape index (κ3) is 2.93. The molecule has 1 heterocycles. The quantitative estimate of drug-likeness (QED) is 0.825. The van der Waals surface area contributed by atoms with Crippen molar-refractivity contribution in [2.45, 2.75) is 39.3 Å². The Morgan fingerprint density at radius 2 is 2.13 bits per heavy atom. The number of hydrogen-bond acceptors (Lipinski definition) is 3. The van der Waals surface area contributed by atoms with Crippen LogP contribution in [0.1, 0.15) is 38.9 Å². The van der Waals surface area contributed by atoms with Gasteiger partial charge in [-0.25, -0.2) is 4.98 Å². The van der Waals surface area contributed by atoms with E-state index in [2.05, 4.69) is 23.7 Å². The molecule has 0 amide bonds. The standard InChI is InChI=1S/C12H20N2O/c1-5-9(2)14(4)12-8-11(10(3)15)6-7-13-12/h6-10,15H,5H2,1-4H3/t9?,10-/m0/s1. The fourth-order valence-corrected chi connectivity index (χ4v) is 1.39. The van der Waals surface area contributed by atoms with Crippen LogP contribution in [0.2, 0.25) is 0 Å². The van der Waals surface area contributed by atoms with Crippen LogP contribution < -0.4 is 4.90 Å². The zero-order chi connectivity index (χ0) is 11.4. The summed E-state index contributed by atoms with van der Waals surface area (Å²) in [6.07, 6.45) is 2.39. The molecule has 0 saturated carbocycles. The molecular weight excluding hydrogens is 188 g/mol. The minimum absolute atomic E-state index is 0.433. The van der Waals surface area contributed by atoms with Crippen molar-refractivity contribution in [2.75, 3.05) is 11.9 Å². The van der Waals surface area contributed by atoms with Crippen LogP contribution in [0.4, 0.5) is 5.82 Å². The molecule has 84 valence electrons. The second-order valence-corrected chi connectivity index (χ2v) is 3.99. The van der Waals surface area contributed by atoms with Crippen molar-refractivity contribution >= 4 is 5.82 Å². The normalized spacial score (nSPS) is 14.7. The summed E-state index contributed by atoms with van der Waals surface area (Å²) < 4.78 is 0. The Kier molecular flexibility index (Phi) is 4.09. The van der Waals surface area contributed by atoms with Gasteiger partial charge in [0.05, 0.1) is 6.10 Å². The van der Waals surface area contributed by atoms with Gasteiger partial charge >= 0.3 is 0 Å². The Labute approximate surface area is 91.8 Å². The molecule has 0 aliphatic carbocycles. The molecule has 1 aromatic rings. The van der Waals surface area contributed by atoms with Crippen molar-refractivity contribution in [3.8, 4) is 0 Å². The van der Waals surface area contributed by atoms with E-state index in [1.807, 2.05) is 19.2 Å². The van der Waals surface area contributed by atoms with Crippen LogP contribution in [0.15, 0.2) is 18.3 Å². The number of rotatable bonds is 4. The molecule has 2 atom stereocenters. The smallest absolute Gasteiger partial charge is 0.128 e. The molecule has 0 aromatic carbocycles. The van der Waals surface area contributed by atoms with E-state index in [1.165, 1.54) is 0 Å². The summed E-state index contributed by atoms with van der Waals surface area (Å²) in [5.74, 6) is 0.919. The topological polar surface area (TPSA) is 36.4 Å². The fraction of sp³-hybridized carbons (Fsp3) is 0.583. The van der Waals surface area contributed by atoms with Gasteiger partial charge < -0.3 is 10.0 Å². The first-order valence-electron chi connectivity index (χ1n) is 5.43. The van der Waals surface area contributed by atoms with Gasteiger partial charge in [-0.1, -0.05) is 6.92 Å². The first-order chi connectivity index (χ1) is 7.06. The largest absolute Gasteiger partial charge is 0.389 e. The molecule has 0 aliphatic heterocycles. The zero-order valence-corrected chi connectivity index (χ0v) is 9.94. The van der Waals surface area contributed by atoms with Gasteiger partial charge in [0, 0.05) is 19.3 Å². The summed E-state index contributed by atoms with van der Waals surface area (Å²) in [4.78, 5) is 6.44. The highest BCUT2D eigenvalue weighted by molar-refractivity contribution is 5.41. The number of anilines is 1. The van der Waals surface area contributed by atoms with E-state index in [1.54, 1.807) is 13.1 Å². The number of hydrogen-bond donors (Lipinski definition) is 1. The molecule has 1 aromatic heterocycles. The van der Waals surface area contributed by atoms with Crippen LogP contribution in [0, 0.1) is 0 Å². The first-order valence-corrected chi connectivity index (χ1v) is 5.43. The second-order valence-electron chi connectivity index (χ2n) is 3.99. The summed E-state index contributed by atoms with van der Waals surface area (Å²) >= 11 is 0. The highest BCUT2D eigenvalue weighted by atomic mass is 16.3. The molecule has 15 heavy (non-hydrogen) atoms. The Morgan fingerprint density at radius 3 is 2.67 bits per heavy atom. The first kappa shape index (κ1) is 12.0. The van der Waals surface area contributed by atoms with Gasteiger partial charge in [0.2, 0.25) is 0 Å². The summed E-state index contributed by atoms with van der Waals surface area (Å²) in [7, 11) is 2.03. The van der Waals surface area contributed by atoms with Crippen LogP contribution in [-0.4, -0.2) is 23.2 Å². The average Bonchev–Trinajstić information content (AvgIpc) is 2.27. The maximum Gasteiger partial charge on any atom is 0.128 e. The van der Waals surface area contributed by atoms with Crippen molar-refractivity contribution in [3.05, 3.63) is 23.9 Å². The molecule has 0 spiro atoms. The van der Waals surface area contributed by atoms with Gasteiger partial charge in [-0.2, -0.15) is 0 Å². The fourth-order valence-electron chi connectivity index (χ4n) is 1.39. The third-order valence-corrected chi connectivity index (χ3v) is 2.87. The lowest BCUT2D eigenvalue weighted by Crippen LogP contribution is -2.28. The van der Waals surface area contributed by atoms with E-state index < -0.39 is 6.10 Å². The SMILES string of the molecule is CCC(C)N(C)c1cc([C@H](C)O)ccn1. The van der Waals surface area contributed by atoms with Crippen LogP contribution in [0.5, 0.6) is 0 Å². The molecule has 1 rings (SSSR count). The number of nitrogens with zero attached hydrogens (tertiary/aromatic N) is 2. The van der Waals surface area contributed by atoms with Crippen molar-refractivity contribution < 1.29 is 5.11 Å². The molecule has 0 radical (unpaired) electrons. The van der Waals surface area contributed by atoms with Crippen molar-refractivity contribution in [1.29, 1.82) is 0 Å². The van der Waals surface area contributed by atoms with Gasteiger partial charge in [0.15, 0.2) is 0 Å². The molecule has 0 aliphatic rings. The number of aromatic nitrogens is 1. The maximum absolute atomic E-state index is 9.48. The van der Waals surface area contributed by atoms with Crippen molar-refractivity contribution in [3.63, 3.8) is 0 Å². The molecule has 0 fully saturated rings. The minimum Gasteiger partial charge on any atom is -0.389 e. The van der Waals surface area contributed by atoms with E-state index in [0.29, 0.717) is 6.04 Å². The van der Waals surface area contributed by atoms with Crippen molar-refractivity contribution in [1.82, 2.24) is 4.98 Å². The predicted molar refractivity (Wildman–Crippen MR) is 63.0 cm³/mol.